The number of rotatable bonds is 4. The normalized spacial score (nSPS) is 12.7. The van der Waals surface area contributed by atoms with Crippen molar-refractivity contribution in [2.75, 3.05) is 5.32 Å². The third kappa shape index (κ3) is 4.72. The Balaban J connectivity index is 2.08. The van der Waals surface area contributed by atoms with Crippen molar-refractivity contribution in [2.24, 2.45) is 0 Å². The van der Waals surface area contributed by atoms with E-state index in [4.69, 9.17) is 0 Å². The average Bonchev–Trinajstić information content (AvgIpc) is 2.49. The summed E-state index contributed by atoms with van der Waals surface area (Å²) in [6.07, 6.45) is -4.54. The molecule has 0 aliphatic rings. The maximum absolute atomic E-state index is 12.9. The van der Waals surface area contributed by atoms with Gasteiger partial charge in [-0.25, -0.2) is 4.39 Å². The van der Waals surface area contributed by atoms with E-state index in [0.29, 0.717) is 4.90 Å². The Kier molecular flexibility index (Phi) is 5.30. The van der Waals surface area contributed by atoms with Crippen LogP contribution >= 0.6 is 11.8 Å². The first-order valence-corrected chi connectivity index (χ1v) is 7.54. The summed E-state index contributed by atoms with van der Waals surface area (Å²) >= 11 is 1.13. The van der Waals surface area contributed by atoms with Crippen LogP contribution in [0.2, 0.25) is 0 Å². The zero-order valence-corrected chi connectivity index (χ0v) is 12.8. The highest BCUT2D eigenvalue weighted by molar-refractivity contribution is 8.00. The summed E-state index contributed by atoms with van der Waals surface area (Å²) in [4.78, 5) is 12.7. The molecule has 1 N–H and O–H groups in total. The number of amides is 1. The van der Waals surface area contributed by atoms with Crippen LogP contribution < -0.4 is 5.32 Å². The number of para-hydroxylation sites is 1. The van der Waals surface area contributed by atoms with Gasteiger partial charge in [0, 0.05) is 4.90 Å². The maximum Gasteiger partial charge on any atom is 0.418 e. The SMILES string of the molecule is CC(Sc1ccc(F)cc1)C(=O)Nc1ccccc1C(F)(F)F. The molecule has 0 bridgehead atoms. The number of hydrogen-bond donors (Lipinski definition) is 1. The van der Waals surface area contributed by atoms with Gasteiger partial charge in [0.1, 0.15) is 5.82 Å². The molecule has 1 atom stereocenters. The molecule has 122 valence electrons. The molecule has 0 aliphatic heterocycles. The molecule has 1 amide bonds. The van der Waals surface area contributed by atoms with E-state index in [1.165, 1.54) is 42.5 Å². The lowest BCUT2D eigenvalue weighted by Gasteiger charge is -2.16. The zero-order valence-electron chi connectivity index (χ0n) is 12.0. The van der Waals surface area contributed by atoms with Crippen LogP contribution in [0.4, 0.5) is 23.2 Å². The highest BCUT2D eigenvalue weighted by Crippen LogP contribution is 2.35. The Labute approximate surface area is 134 Å². The molecule has 0 radical (unpaired) electrons. The largest absolute Gasteiger partial charge is 0.418 e. The third-order valence-corrected chi connectivity index (χ3v) is 4.10. The number of alkyl halides is 3. The minimum atomic E-state index is -4.54. The van der Waals surface area contributed by atoms with E-state index >= 15 is 0 Å². The van der Waals surface area contributed by atoms with Gasteiger partial charge in [-0.2, -0.15) is 13.2 Å². The van der Waals surface area contributed by atoms with Crippen LogP contribution in [-0.4, -0.2) is 11.2 Å². The molecule has 0 spiro atoms. The summed E-state index contributed by atoms with van der Waals surface area (Å²) in [5.74, 6) is -0.957. The first-order chi connectivity index (χ1) is 10.8. The summed E-state index contributed by atoms with van der Waals surface area (Å²) in [5.41, 5.74) is -1.18. The zero-order chi connectivity index (χ0) is 17.0. The van der Waals surface area contributed by atoms with Gasteiger partial charge in [-0.15, -0.1) is 11.8 Å². The molecule has 0 aromatic heterocycles. The van der Waals surface area contributed by atoms with Crippen molar-refractivity contribution in [3.8, 4) is 0 Å². The number of nitrogens with one attached hydrogen (secondary N) is 1. The molecule has 2 nitrogen and oxygen atoms in total. The summed E-state index contributed by atoms with van der Waals surface area (Å²) in [6.45, 7) is 1.57. The standard InChI is InChI=1S/C16H13F4NOS/c1-10(23-12-8-6-11(17)7-9-12)15(22)21-14-5-3-2-4-13(14)16(18,19)20/h2-10H,1H3,(H,21,22). The van der Waals surface area contributed by atoms with Gasteiger partial charge in [0.05, 0.1) is 16.5 Å². The van der Waals surface area contributed by atoms with Gasteiger partial charge < -0.3 is 5.32 Å². The number of carbonyl (C=O) groups is 1. The van der Waals surface area contributed by atoms with Crippen molar-refractivity contribution >= 4 is 23.4 Å². The monoisotopic (exact) mass is 343 g/mol. The molecule has 23 heavy (non-hydrogen) atoms. The van der Waals surface area contributed by atoms with Crippen molar-refractivity contribution in [1.82, 2.24) is 0 Å². The Morgan fingerprint density at radius 1 is 1.09 bits per heavy atom. The van der Waals surface area contributed by atoms with Crippen molar-refractivity contribution in [2.45, 2.75) is 23.2 Å². The third-order valence-electron chi connectivity index (χ3n) is 2.99. The number of anilines is 1. The number of thioether (sulfide) groups is 1. The Hall–Kier alpha value is -2.02. The summed E-state index contributed by atoms with van der Waals surface area (Å²) in [7, 11) is 0. The second-order valence-electron chi connectivity index (χ2n) is 4.75. The van der Waals surface area contributed by atoms with Crippen LogP contribution in [0, 0.1) is 5.82 Å². The molecule has 2 aromatic rings. The van der Waals surface area contributed by atoms with Gasteiger partial charge in [-0.3, -0.25) is 4.79 Å². The highest BCUT2D eigenvalue weighted by atomic mass is 32.2. The molecule has 1 unspecified atom stereocenters. The summed E-state index contributed by atoms with van der Waals surface area (Å²) < 4.78 is 51.5. The quantitative estimate of drug-likeness (QED) is 0.628. The second-order valence-corrected chi connectivity index (χ2v) is 6.16. The first kappa shape index (κ1) is 17.3. The van der Waals surface area contributed by atoms with Gasteiger partial charge in [-0.05, 0) is 43.3 Å². The van der Waals surface area contributed by atoms with E-state index in [-0.39, 0.29) is 5.69 Å². The second kappa shape index (κ2) is 7.04. The van der Waals surface area contributed by atoms with E-state index in [9.17, 15) is 22.4 Å². The molecule has 0 fully saturated rings. The van der Waals surface area contributed by atoms with E-state index in [1.807, 2.05) is 0 Å². The Morgan fingerprint density at radius 2 is 1.70 bits per heavy atom. The summed E-state index contributed by atoms with van der Waals surface area (Å²) in [6, 6.07) is 10.3. The molecule has 0 heterocycles. The predicted octanol–water partition coefficient (Wildman–Crippen LogP) is 4.96. The van der Waals surface area contributed by atoms with Crippen LogP contribution in [-0.2, 0) is 11.0 Å². The fourth-order valence-electron chi connectivity index (χ4n) is 1.84. The molecule has 2 aromatic carbocycles. The van der Waals surface area contributed by atoms with E-state index in [2.05, 4.69) is 5.32 Å². The number of halogens is 4. The molecule has 2 rings (SSSR count). The minimum Gasteiger partial charge on any atom is -0.325 e. The molecular weight excluding hydrogens is 330 g/mol. The van der Waals surface area contributed by atoms with Gasteiger partial charge in [0.15, 0.2) is 0 Å². The van der Waals surface area contributed by atoms with Crippen molar-refractivity contribution in [3.05, 3.63) is 59.9 Å². The topological polar surface area (TPSA) is 29.1 Å². The molecular formula is C16H13F4NOS. The summed E-state index contributed by atoms with van der Waals surface area (Å²) in [5, 5.41) is 1.66. The van der Waals surface area contributed by atoms with E-state index in [0.717, 1.165) is 17.8 Å². The number of benzene rings is 2. The van der Waals surface area contributed by atoms with Gasteiger partial charge in [-0.1, -0.05) is 12.1 Å². The van der Waals surface area contributed by atoms with Crippen molar-refractivity contribution in [1.29, 1.82) is 0 Å². The predicted molar refractivity (Wildman–Crippen MR) is 81.8 cm³/mol. The lowest BCUT2D eigenvalue weighted by atomic mass is 10.1. The minimum absolute atomic E-state index is 0.281. The Bertz CT molecular complexity index is 685. The van der Waals surface area contributed by atoms with E-state index < -0.39 is 28.7 Å². The molecule has 7 heteroatoms. The lowest BCUT2D eigenvalue weighted by molar-refractivity contribution is -0.137. The molecule has 0 saturated heterocycles. The fraction of sp³-hybridized carbons (Fsp3) is 0.188. The van der Waals surface area contributed by atoms with Crippen molar-refractivity contribution < 1.29 is 22.4 Å². The average molecular weight is 343 g/mol. The number of hydrogen-bond acceptors (Lipinski definition) is 2. The van der Waals surface area contributed by atoms with Crippen LogP contribution in [0.5, 0.6) is 0 Å². The van der Waals surface area contributed by atoms with E-state index in [1.54, 1.807) is 6.92 Å². The fourth-order valence-corrected chi connectivity index (χ4v) is 2.71. The van der Waals surface area contributed by atoms with Crippen LogP contribution in [0.1, 0.15) is 12.5 Å². The lowest BCUT2D eigenvalue weighted by Crippen LogP contribution is -2.24. The number of carbonyl (C=O) groups excluding carboxylic acids is 1. The van der Waals surface area contributed by atoms with Crippen LogP contribution in [0.25, 0.3) is 0 Å². The van der Waals surface area contributed by atoms with Gasteiger partial charge in [0.25, 0.3) is 0 Å². The highest BCUT2D eigenvalue weighted by Gasteiger charge is 2.33. The van der Waals surface area contributed by atoms with Crippen LogP contribution in [0.15, 0.2) is 53.4 Å². The van der Waals surface area contributed by atoms with Crippen molar-refractivity contribution in [3.63, 3.8) is 0 Å². The maximum atomic E-state index is 12.9. The van der Waals surface area contributed by atoms with Gasteiger partial charge >= 0.3 is 6.18 Å². The van der Waals surface area contributed by atoms with Crippen LogP contribution in [0.3, 0.4) is 0 Å². The smallest absolute Gasteiger partial charge is 0.325 e. The molecule has 0 aliphatic carbocycles. The molecule has 0 saturated carbocycles. The van der Waals surface area contributed by atoms with Gasteiger partial charge in [0.2, 0.25) is 5.91 Å². The Morgan fingerprint density at radius 3 is 2.30 bits per heavy atom. The first-order valence-electron chi connectivity index (χ1n) is 6.66.